The average Bonchev–Trinajstić information content (AvgIpc) is 3.39. The van der Waals surface area contributed by atoms with Gasteiger partial charge in [-0.15, -0.1) is 16.4 Å². The summed E-state index contributed by atoms with van der Waals surface area (Å²) in [5.74, 6) is 0.581. The number of fused-ring (bicyclic) bond motifs is 3. The van der Waals surface area contributed by atoms with Crippen molar-refractivity contribution in [2.24, 2.45) is 0 Å². The minimum atomic E-state index is -0.386. The predicted molar refractivity (Wildman–Crippen MR) is 109 cm³/mol. The van der Waals surface area contributed by atoms with Crippen molar-refractivity contribution in [3.63, 3.8) is 0 Å². The minimum Gasteiger partial charge on any atom is -0.258 e. The molecular weight excluding hydrogens is 390 g/mol. The Morgan fingerprint density at radius 2 is 2.00 bits per heavy atom. The van der Waals surface area contributed by atoms with Crippen LogP contribution in [0.15, 0.2) is 42.0 Å². The van der Waals surface area contributed by atoms with Gasteiger partial charge in [-0.1, -0.05) is 24.3 Å². The number of nitrogens with zero attached hydrogens (tertiary/aromatic N) is 7. The molecule has 5 aromatic rings. The van der Waals surface area contributed by atoms with Crippen molar-refractivity contribution in [1.29, 1.82) is 0 Å². The Labute approximate surface area is 168 Å². The topological polar surface area (TPSA) is 104 Å². The summed E-state index contributed by atoms with van der Waals surface area (Å²) in [7, 11) is 0. The highest BCUT2D eigenvalue weighted by Crippen LogP contribution is 2.28. The van der Waals surface area contributed by atoms with Gasteiger partial charge in [0, 0.05) is 5.56 Å². The molecule has 1 aromatic carbocycles. The van der Waals surface area contributed by atoms with Gasteiger partial charge in [-0.2, -0.15) is 5.10 Å². The molecule has 0 N–H and O–H groups in total. The van der Waals surface area contributed by atoms with Gasteiger partial charge in [0.1, 0.15) is 22.5 Å². The van der Waals surface area contributed by atoms with E-state index >= 15 is 0 Å². The van der Waals surface area contributed by atoms with E-state index in [0.717, 1.165) is 27.0 Å². The molecule has 29 heavy (non-hydrogen) atoms. The van der Waals surface area contributed by atoms with Gasteiger partial charge in [0.25, 0.3) is 0 Å². The lowest BCUT2D eigenvalue weighted by atomic mass is 10.1. The number of benzene rings is 1. The molecule has 4 aromatic heterocycles. The number of hydrogen-bond donors (Lipinski definition) is 0. The van der Waals surface area contributed by atoms with E-state index in [1.165, 1.54) is 0 Å². The van der Waals surface area contributed by atoms with Gasteiger partial charge in [0.2, 0.25) is 0 Å². The maximum Gasteiger partial charge on any atom is 0.312 e. The fraction of sp³-hybridized carbons (Fsp3) is 0.158. The molecule has 0 aliphatic carbocycles. The first-order chi connectivity index (χ1) is 14.0. The van der Waals surface area contributed by atoms with Gasteiger partial charge in [0.15, 0.2) is 11.5 Å². The van der Waals surface area contributed by atoms with Crippen LogP contribution in [0.5, 0.6) is 0 Å². The second kappa shape index (κ2) is 6.45. The van der Waals surface area contributed by atoms with Crippen LogP contribution in [-0.2, 0) is 6.54 Å². The largest absolute Gasteiger partial charge is 0.312 e. The summed E-state index contributed by atoms with van der Waals surface area (Å²) in [6, 6.07) is 9.74. The van der Waals surface area contributed by atoms with Crippen LogP contribution in [0, 0.1) is 24.0 Å². The van der Waals surface area contributed by atoms with Crippen LogP contribution in [0.3, 0.4) is 0 Å². The summed E-state index contributed by atoms with van der Waals surface area (Å²) >= 11 is 1.56. The van der Waals surface area contributed by atoms with Crippen LogP contribution in [0.4, 0.5) is 5.69 Å². The number of hydrogen-bond acceptors (Lipinski definition) is 7. The maximum absolute atomic E-state index is 11.3. The van der Waals surface area contributed by atoms with Crippen molar-refractivity contribution in [2.75, 3.05) is 0 Å². The predicted octanol–water partition coefficient (Wildman–Crippen LogP) is 3.78. The van der Waals surface area contributed by atoms with E-state index in [-0.39, 0.29) is 10.6 Å². The molecule has 0 atom stereocenters. The smallest absolute Gasteiger partial charge is 0.258 e. The van der Waals surface area contributed by atoms with Gasteiger partial charge in [-0.25, -0.2) is 14.5 Å². The van der Waals surface area contributed by atoms with E-state index in [9.17, 15) is 10.1 Å². The van der Waals surface area contributed by atoms with Crippen molar-refractivity contribution in [3.8, 4) is 11.4 Å². The highest BCUT2D eigenvalue weighted by atomic mass is 32.1. The van der Waals surface area contributed by atoms with E-state index in [2.05, 4.69) is 15.2 Å². The van der Waals surface area contributed by atoms with E-state index < -0.39 is 0 Å². The Bertz CT molecular complexity index is 1400. The molecule has 0 saturated heterocycles. The van der Waals surface area contributed by atoms with Gasteiger partial charge in [-0.3, -0.25) is 14.8 Å². The van der Waals surface area contributed by atoms with E-state index in [1.54, 1.807) is 40.7 Å². The Kier molecular flexibility index (Phi) is 3.88. The van der Waals surface area contributed by atoms with Crippen molar-refractivity contribution in [1.82, 2.24) is 29.4 Å². The van der Waals surface area contributed by atoms with E-state index in [4.69, 9.17) is 4.98 Å². The number of aryl methyl sites for hydroxylation is 1. The molecule has 4 heterocycles. The lowest BCUT2D eigenvalue weighted by Crippen LogP contribution is -2.06. The molecule has 0 radical (unpaired) electrons. The highest BCUT2D eigenvalue weighted by Gasteiger charge is 2.22. The van der Waals surface area contributed by atoms with Crippen LogP contribution in [0.25, 0.3) is 27.3 Å². The number of nitro groups is 1. The SMILES string of the molecule is Cc1nn(Cc2ccccc2-c2nc3c4ccsc4ncn3n2)c(C)c1[N+](=O)[O-]. The molecule has 9 nitrogen and oxygen atoms in total. The molecule has 0 amide bonds. The molecule has 0 aliphatic rings. The molecule has 0 fully saturated rings. The first-order valence-electron chi connectivity index (χ1n) is 8.88. The fourth-order valence-electron chi connectivity index (χ4n) is 3.52. The molecule has 0 bridgehead atoms. The average molecular weight is 405 g/mol. The zero-order chi connectivity index (χ0) is 20.1. The third-order valence-electron chi connectivity index (χ3n) is 4.91. The summed E-state index contributed by atoms with van der Waals surface area (Å²) in [4.78, 5) is 21.0. The quantitative estimate of drug-likeness (QED) is 0.333. The van der Waals surface area contributed by atoms with Crippen molar-refractivity contribution >= 4 is 32.9 Å². The Hall–Kier alpha value is -3.66. The van der Waals surface area contributed by atoms with Crippen LogP contribution in [0.2, 0.25) is 0 Å². The summed E-state index contributed by atoms with van der Waals surface area (Å²) in [6.45, 7) is 3.75. The molecule has 5 rings (SSSR count). The van der Waals surface area contributed by atoms with Gasteiger partial charge in [-0.05, 0) is 30.9 Å². The second-order valence-electron chi connectivity index (χ2n) is 6.68. The minimum absolute atomic E-state index is 0.0549. The summed E-state index contributed by atoms with van der Waals surface area (Å²) in [6.07, 6.45) is 1.66. The van der Waals surface area contributed by atoms with Crippen molar-refractivity contribution < 1.29 is 4.92 Å². The van der Waals surface area contributed by atoms with Gasteiger partial charge < -0.3 is 0 Å². The first kappa shape index (κ1) is 17.4. The van der Waals surface area contributed by atoms with E-state index in [0.29, 0.717) is 23.8 Å². The molecule has 0 spiro atoms. The third kappa shape index (κ3) is 2.76. The standard InChI is InChI=1S/C19H15N7O2S/c1-11-16(26(27)28)12(2)24(22-11)9-13-5-3-4-6-14(13)17-21-18-15-7-8-29-19(15)20-10-25(18)23-17/h3-8,10H,9H2,1-2H3. The Balaban J connectivity index is 1.61. The number of aromatic nitrogens is 6. The molecule has 144 valence electrons. The van der Waals surface area contributed by atoms with Crippen molar-refractivity contribution in [3.05, 3.63) is 69.1 Å². The zero-order valence-corrected chi connectivity index (χ0v) is 16.4. The number of rotatable bonds is 4. The summed E-state index contributed by atoms with van der Waals surface area (Å²) in [5.41, 5.74) is 3.52. The molecule has 0 saturated carbocycles. The van der Waals surface area contributed by atoms with E-state index in [1.807, 2.05) is 35.7 Å². The van der Waals surface area contributed by atoms with Crippen LogP contribution in [0.1, 0.15) is 17.0 Å². The maximum atomic E-state index is 11.3. The van der Waals surface area contributed by atoms with Crippen LogP contribution in [-0.4, -0.2) is 34.3 Å². The zero-order valence-electron chi connectivity index (χ0n) is 15.6. The second-order valence-corrected chi connectivity index (χ2v) is 7.57. The lowest BCUT2D eigenvalue weighted by Gasteiger charge is -2.08. The summed E-state index contributed by atoms with van der Waals surface area (Å²) in [5, 5.41) is 23.2. The number of thiophene rings is 1. The fourth-order valence-corrected chi connectivity index (χ4v) is 4.25. The molecule has 10 heteroatoms. The van der Waals surface area contributed by atoms with Crippen molar-refractivity contribution in [2.45, 2.75) is 20.4 Å². The molecular formula is C19H15N7O2S. The molecule has 0 unspecified atom stereocenters. The summed E-state index contributed by atoms with van der Waals surface area (Å²) < 4.78 is 3.33. The third-order valence-corrected chi connectivity index (χ3v) is 5.73. The lowest BCUT2D eigenvalue weighted by molar-refractivity contribution is -0.386. The Morgan fingerprint density at radius 3 is 2.79 bits per heavy atom. The normalized spacial score (nSPS) is 11.5. The molecule has 0 aliphatic heterocycles. The first-order valence-corrected chi connectivity index (χ1v) is 9.76. The highest BCUT2D eigenvalue weighted by molar-refractivity contribution is 7.16. The van der Waals surface area contributed by atoms with Crippen LogP contribution < -0.4 is 0 Å². The van der Waals surface area contributed by atoms with Gasteiger partial charge in [0.05, 0.1) is 16.9 Å². The Morgan fingerprint density at radius 1 is 1.17 bits per heavy atom. The monoisotopic (exact) mass is 405 g/mol. The van der Waals surface area contributed by atoms with Gasteiger partial charge >= 0.3 is 5.69 Å². The van der Waals surface area contributed by atoms with Crippen LogP contribution >= 0.6 is 11.3 Å².